The molecular formula is C22H33NO3. The van der Waals surface area contributed by atoms with E-state index in [2.05, 4.69) is 19.9 Å². The molecule has 5 fully saturated rings. The number of aliphatic hydroxyl groups is 1. The van der Waals surface area contributed by atoms with Crippen LogP contribution in [0.5, 0.6) is 0 Å². The summed E-state index contributed by atoms with van der Waals surface area (Å²) in [5.74, 6) is 2.33. The Morgan fingerprint density at radius 2 is 1.65 bits per heavy atom. The summed E-state index contributed by atoms with van der Waals surface area (Å²) in [7, 11) is 0. The Labute approximate surface area is 157 Å². The minimum absolute atomic E-state index is 0.209. The van der Waals surface area contributed by atoms with Gasteiger partial charge in [0.05, 0.1) is 19.3 Å². The molecule has 5 rings (SSSR count). The summed E-state index contributed by atoms with van der Waals surface area (Å²) in [5.41, 5.74) is -0.944. The number of hydrogen-bond donors (Lipinski definition) is 1. The third kappa shape index (κ3) is 2.06. The van der Waals surface area contributed by atoms with Gasteiger partial charge < -0.3 is 14.6 Å². The summed E-state index contributed by atoms with van der Waals surface area (Å²) in [6, 6.07) is 2.30. The molecule has 4 aliphatic carbocycles. The van der Waals surface area contributed by atoms with E-state index in [1.807, 2.05) is 0 Å². The normalized spacial score (nSPS) is 55.0. The van der Waals surface area contributed by atoms with Crippen molar-refractivity contribution in [3.63, 3.8) is 0 Å². The van der Waals surface area contributed by atoms with Gasteiger partial charge in [-0.1, -0.05) is 13.8 Å². The van der Waals surface area contributed by atoms with E-state index < -0.39 is 5.60 Å². The smallest absolute Gasteiger partial charge is 0.168 e. The van der Waals surface area contributed by atoms with Gasteiger partial charge in [0, 0.05) is 18.3 Å². The molecule has 0 radical (unpaired) electrons. The SMILES string of the molecule is CC12CCC3(CC1CCC1C2CCC2(C)C1CC[C@]2(O)C#N)OCCO3. The first-order valence-electron chi connectivity index (χ1n) is 10.8. The van der Waals surface area contributed by atoms with Crippen molar-refractivity contribution in [2.45, 2.75) is 83.0 Å². The van der Waals surface area contributed by atoms with E-state index in [0.717, 1.165) is 44.8 Å². The van der Waals surface area contributed by atoms with Gasteiger partial charge >= 0.3 is 0 Å². The maximum atomic E-state index is 11.0. The highest BCUT2D eigenvalue weighted by Crippen LogP contribution is 2.69. The van der Waals surface area contributed by atoms with Crippen molar-refractivity contribution in [2.75, 3.05) is 13.2 Å². The monoisotopic (exact) mass is 359 g/mol. The van der Waals surface area contributed by atoms with E-state index in [-0.39, 0.29) is 11.2 Å². The van der Waals surface area contributed by atoms with Gasteiger partial charge in [0.2, 0.25) is 0 Å². The highest BCUT2D eigenvalue weighted by atomic mass is 16.7. The first-order valence-corrected chi connectivity index (χ1v) is 10.8. The van der Waals surface area contributed by atoms with Gasteiger partial charge in [-0.2, -0.15) is 5.26 Å². The van der Waals surface area contributed by atoms with Crippen LogP contribution in [0, 0.1) is 45.8 Å². The molecule has 5 aliphatic rings. The van der Waals surface area contributed by atoms with Crippen molar-refractivity contribution < 1.29 is 14.6 Å². The van der Waals surface area contributed by atoms with Gasteiger partial charge in [0.15, 0.2) is 11.4 Å². The lowest BCUT2D eigenvalue weighted by molar-refractivity contribution is -0.231. The Kier molecular flexibility index (Phi) is 3.67. The van der Waals surface area contributed by atoms with Crippen molar-refractivity contribution >= 4 is 0 Å². The molecular weight excluding hydrogens is 326 g/mol. The molecule has 1 heterocycles. The fourth-order valence-corrected chi connectivity index (χ4v) is 8.16. The van der Waals surface area contributed by atoms with E-state index >= 15 is 0 Å². The summed E-state index contributed by atoms with van der Waals surface area (Å²) in [6.07, 6.45) is 9.67. The molecule has 26 heavy (non-hydrogen) atoms. The van der Waals surface area contributed by atoms with Gasteiger partial charge in [-0.05, 0) is 74.0 Å². The Bertz CT molecular complexity index is 638. The summed E-state index contributed by atoms with van der Waals surface area (Å²) < 4.78 is 12.1. The number of nitrogens with zero attached hydrogens (tertiary/aromatic N) is 1. The lowest BCUT2D eigenvalue weighted by Gasteiger charge is -2.62. The molecule has 0 aromatic heterocycles. The topological polar surface area (TPSA) is 62.5 Å². The van der Waals surface area contributed by atoms with Crippen LogP contribution < -0.4 is 0 Å². The fourth-order valence-electron chi connectivity index (χ4n) is 8.16. The molecule has 0 aromatic carbocycles. The molecule has 1 saturated heterocycles. The van der Waals surface area contributed by atoms with Crippen LogP contribution in [-0.4, -0.2) is 29.7 Å². The molecule has 4 heteroatoms. The predicted molar refractivity (Wildman–Crippen MR) is 96.9 cm³/mol. The third-order valence-electron chi connectivity index (χ3n) is 9.82. The van der Waals surface area contributed by atoms with E-state index in [9.17, 15) is 10.4 Å². The molecule has 6 unspecified atom stereocenters. The minimum Gasteiger partial charge on any atom is -0.375 e. The summed E-state index contributed by atoms with van der Waals surface area (Å²) in [6.45, 7) is 6.24. The number of rotatable bonds is 0. The average molecular weight is 360 g/mol. The molecule has 0 aromatic rings. The standard InChI is InChI=1S/C22H33NO3/c1-19-9-10-22(25-11-12-26-22)13-15(19)3-4-16-17(19)5-7-20(2)18(16)6-8-21(20,24)14-23/h15-18,24H,3-13H2,1-2H3/t15?,16?,17?,18?,19?,20?,21-/m0/s1. The zero-order chi connectivity index (χ0) is 18.2. The van der Waals surface area contributed by atoms with E-state index in [1.54, 1.807) is 0 Å². The molecule has 1 N–H and O–H groups in total. The van der Waals surface area contributed by atoms with Crippen LogP contribution in [0.4, 0.5) is 0 Å². The third-order valence-corrected chi connectivity index (χ3v) is 9.82. The van der Waals surface area contributed by atoms with Crippen LogP contribution in [-0.2, 0) is 9.47 Å². The fraction of sp³-hybridized carbons (Fsp3) is 0.955. The van der Waals surface area contributed by atoms with E-state index in [1.165, 1.54) is 25.7 Å². The second-order valence-electron chi connectivity index (χ2n) is 10.4. The van der Waals surface area contributed by atoms with Crippen LogP contribution in [0.25, 0.3) is 0 Å². The first kappa shape index (κ1) is 17.5. The lowest BCUT2D eigenvalue weighted by Crippen LogP contribution is -2.58. The average Bonchev–Trinajstić information content (AvgIpc) is 3.19. The van der Waals surface area contributed by atoms with Crippen LogP contribution in [0.1, 0.15) is 71.6 Å². The minimum atomic E-state index is -1.11. The number of fused-ring (bicyclic) bond motifs is 5. The number of nitriles is 1. The molecule has 1 spiro atoms. The quantitative estimate of drug-likeness (QED) is 0.663. The largest absolute Gasteiger partial charge is 0.375 e. The zero-order valence-corrected chi connectivity index (χ0v) is 16.3. The summed E-state index contributed by atoms with van der Waals surface area (Å²) in [5, 5.41) is 20.6. The van der Waals surface area contributed by atoms with Crippen molar-refractivity contribution in [3.05, 3.63) is 0 Å². The van der Waals surface area contributed by atoms with E-state index in [0.29, 0.717) is 29.6 Å². The number of hydrogen-bond acceptors (Lipinski definition) is 4. The molecule has 4 saturated carbocycles. The first-order chi connectivity index (χ1) is 12.4. The van der Waals surface area contributed by atoms with Crippen LogP contribution >= 0.6 is 0 Å². The second-order valence-corrected chi connectivity index (χ2v) is 10.4. The summed E-state index contributed by atoms with van der Waals surface area (Å²) in [4.78, 5) is 0. The van der Waals surface area contributed by atoms with Crippen molar-refractivity contribution in [1.29, 1.82) is 5.26 Å². The van der Waals surface area contributed by atoms with Crippen molar-refractivity contribution in [2.24, 2.45) is 34.5 Å². The summed E-state index contributed by atoms with van der Waals surface area (Å²) >= 11 is 0. The van der Waals surface area contributed by atoms with Gasteiger partial charge in [-0.3, -0.25) is 0 Å². The zero-order valence-electron chi connectivity index (χ0n) is 16.3. The molecule has 0 amide bonds. The maximum absolute atomic E-state index is 11.0. The highest BCUT2D eigenvalue weighted by Gasteiger charge is 2.66. The Morgan fingerprint density at radius 3 is 2.38 bits per heavy atom. The Hall–Kier alpha value is -0.630. The molecule has 144 valence electrons. The van der Waals surface area contributed by atoms with Gasteiger partial charge in [-0.25, -0.2) is 0 Å². The maximum Gasteiger partial charge on any atom is 0.168 e. The Morgan fingerprint density at radius 1 is 0.923 bits per heavy atom. The molecule has 0 bridgehead atoms. The van der Waals surface area contributed by atoms with Gasteiger partial charge in [0.25, 0.3) is 0 Å². The van der Waals surface area contributed by atoms with Crippen LogP contribution in [0.2, 0.25) is 0 Å². The lowest BCUT2D eigenvalue weighted by atomic mass is 9.44. The molecule has 7 atom stereocenters. The van der Waals surface area contributed by atoms with Crippen LogP contribution in [0.3, 0.4) is 0 Å². The van der Waals surface area contributed by atoms with Gasteiger partial charge in [0.1, 0.15) is 0 Å². The Balaban J connectivity index is 1.42. The van der Waals surface area contributed by atoms with Crippen molar-refractivity contribution in [3.8, 4) is 6.07 Å². The van der Waals surface area contributed by atoms with Crippen LogP contribution in [0.15, 0.2) is 0 Å². The highest BCUT2D eigenvalue weighted by molar-refractivity contribution is 5.21. The molecule has 4 nitrogen and oxygen atoms in total. The molecule has 1 aliphatic heterocycles. The number of ether oxygens (including phenoxy) is 2. The van der Waals surface area contributed by atoms with E-state index in [4.69, 9.17) is 9.47 Å². The predicted octanol–water partition coefficient (Wildman–Crippen LogP) is 4.03. The van der Waals surface area contributed by atoms with Gasteiger partial charge in [-0.15, -0.1) is 0 Å². The van der Waals surface area contributed by atoms with Crippen molar-refractivity contribution in [1.82, 2.24) is 0 Å². The second kappa shape index (κ2) is 5.46.